The molecule has 1 aromatic heterocycles. The maximum Gasteiger partial charge on any atom is 0.336 e. The third-order valence-corrected chi connectivity index (χ3v) is 4.93. The van der Waals surface area contributed by atoms with Crippen molar-refractivity contribution in [1.29, 1.82) is 0 Å². The number of fused-ring (bicyclic) bond motifs is 1. The minimum absolute atomic E-state index is 0.255. The SMILES string of the molecule is CCCc1cc(=O)oc2c(C)c(OCC(=O)N3CCC[C@H]3C(=O)O)ccc12. The van der Waals surface area contributed by atoms with Gasteiger partial charge in [-0.2, -0.15) is 0 Å². The van der Waals surface area contributed by atoms with Gasteiger partial charge in [-0.25, -0.2) is 9.59 Å². The van der Waals surface area contributed by atoms with Crippen LogP contribution in [-0.2, 0) is 16.0 Å². The molecule has 1 N–H and O–H groups in total. The van der Waals surface area contributed by atoms with Crippen LogP contribution in [0.3, 0.4) is 0 Å². The van der Waals surface area contributed by atoms with E-state index in [4.69, 9.17) is 9.15 Å². The Labute approximate surface area is 156 Å². The van der Waals surface area contributed by atoms with Crippen molar-refractivity contribution in [3.05, 3.63) is 39.7 Å². The molecule has 0 radical (unpaired) electrons. The molecule has 1 saturated heterocycles. The molecule has 1 aliphatic rings. The van der Waals surface area contributed by atoms with Gasteiger partial charge in [0.15, 0.2) is 6.61 Å². The van der Waals surface area contributed by atoms with Gasteiger partial charge in [-0.15, -0.1) is 0 Å². The first-order valence-corrected chi connectivity index (χ1v) is 9.13. The van der Waals surface area contributed by atoms with Crippen LogP contribution in [0, 0.1) is 6.92 Å². The zero-order valence-electron chi connectivity index (χ0n) is 15.5. The highest BCUT2D eigenvalue weighted by Gasteiger charge is 2.34. The van der Waals surface area contributed by atoms with Gasteiger partial charge in [0, 0.05) is 23.6 Å². The molecule has 7 heteroatoms. The molecule has 1 aromatic carbocycles. The summed E-state index contributed by atoms with van der Waals surface area (Å²) in [5.41, 5.74) is 1.62. The van der Waals surface area contributed by atoms with Crippen molar-refractivity contribution in [1.82, 2.24) is 4.90 Å². The minimum Gasteiger partial charge on any atom is -0.483 e. The Morgan fingerprint density at radius 3 is 2.85 bits per heavy atom. The fraction of sp³-hybridized carbons (Fsp3) is 0.450. The maximum atomic E-state index is 12.4. The summed E-state index contributed by atoms with van der Waals surface area (Å²) < 4.78 is 11.0. The topological polar surface area (TPSA) is 97.0 Å². The summed E-state index contributed by atoms with van der Waals surface area (Å²) in [6.07, 6.45) is 2.81. The highest BCUT2D eigenvalue weighted by atomic mass is 16.5. The monoisotopic (exact) mass is 373 g/mol. The maximum absolute atomic E-state index is 12.4. The molecule has 0 unspecified atom stereocenters. The molecule has 3 rings (SSSR count). The number of nitrogens with zero attached hydrogens (tertiary/aromatic N) is 1. The second-order valence-corrected chi connectivity index (χ2v) is 6.78. The van der Waals surface area contributed by atoms with Crippen molar-refractivity contribution >= 4 is 22.8 Å². The van der Waals surface area contributed by atoms with E-state index in [1.807, 2.05) is 13.0 Å². The average Bonchev–Trinajstić information content (AvgIpc) is 3.12. The first-order valence-electron chi connectivity index (χ1n) is 9.13. The molecular weight excluding hydrogens is 350 g/mol. The molecule has 0 spiro atoms. The van der Waals surface area contributed by atoms with Gasteiger partial charge in [0.05, 0.1) is 0 Å². The molecular formula is C20H23NO6. The molecule has 2 aromatic rings. The number of rotatable bonds is 6. The van der Waals surface area contributed by atoms with E-state index in [1.54, 1.807) is 13.0 Å². The molecule has 2 heterocycles. The Hall–Kier alpha value is -2.83. The molecule has 27 heavy (non-hydrogen) atoms. The Morgan fingerprint density at radius 1 is 1.37 bits per heavy atom. The third-order valence-electron chi connectivity index (χ3n) is 4.93. The largest absolute Gasteiger partial charge is 0.483 e. The summed E-state index contributed by atoms with van der Waals surface area (Å²) in [4.78, 5) is 36.8. The normalized spacial score (nSPS) is 16.7. The molecule has 7 nitrogen and oxygen atoms in total. The van der Waals surface area contributed by atoms with Crippen LogP contribution in [-0.4, -0.2) is 41.1 Å². The summed E-state index contributed by atoms with van der Waals surface area (Å²) in [6, 6.07) is 4.30. The minimum atomic E-state index is -0.993. The number of likely N-dealkylation sites (tertiary alicyclic amines) is 1. The van der Waals surface area contributed by atoms with Crippen molar-refractivity contribution in [3.63, 3.8) is 0 Å². The van der Waals surface area contributed by atoms with Crippen LogP contribution >= 0.6 is 0 Å². The fourth-order valence-corrected chi connectivity index (χ4v) is 3.58. The Kier molecular flexibility index (Phi) is 5.48. The summed E-state index contributed by atoms with van der Waals surface area (Å²) in [7, 11) is 0. The number of benzene rings is 1. The number of carbonyl (C=O) groups excluding carboxylic acids is 1. The lowest BCUT2D eigenvalue weighted by Crippen LogP contribution is -2.42. The number of aryl methyl sites for hydroxylation is 2. The standard InChI is InChI=1S/C20H23NO6/c1-3-5-13-10-18(23)27-19-12(2)16(8-7-14(13)19)26-11-17(22)21-9-4-6-15(21)20(24)25/h7-8,10,15H,3-6,9,11H2,1-2H3,(H,24,25)/t15-/m0/s1. The van der Waals surface area contributed by atoms with Crippen LogP contribution in [0.1, 0.15) is 37.3 Å². The van der Waals surface area contributed by atoms with Crippen molar-refractivity contribution in [3.8, 4) is 5.75 Å². The van der Waals surface area contributed by atoms with E-state index < -0.39 is 17.6 Å². The van der Waals surface area contributed by atoms with Crippen LogP contribution in [0.15, 0.2) is 27.4 Å². The lowest BCUT2D eigenvalue weighted by Gasteiger charge is -2.21. The van der Waals surface area contributed by atoms with E-state index in [2.05, 4.69) is 0 Å². The molecule has 0 bridgehead atoms. The van der Waals surface area contributed by atoms with E-state index in [9.17, 15) is 19.5 Å². The van der Waals surface area contributed by atoms with E-state index in [-0.39, 0.29) is 12.5 Å². The van der Waals surface area contributed by atoms with E-state index in [1.165, 1.54) is 11.0 Å². The number of hydrogen-bond donors (Lipinski definition) is 1. The predicted octanol–water partition coefficient (Wildman–Crippen LogP) is 2.51. The second-order valence-electron chi connectivity index (χ2n) is 6.78. The lowest BCUT2D eigenvalue weighted by atomic mass is 10.0. The summed E-state index contributed by atoms with van der Waals surface area (Å²) >= 11 is 0. The highest BCUT2D eigenvalue weighted by molar-refractivity contribution is 5.86. The van der Waals surface area contributed by atoms with Crippen LogP contribution in [0.2, 0.25) is 0 Å². The lowest BCUT2D eigenvalue weighted by molar-refractivity contribution is -0.148. The van der Waals surface area contributed by atoms with Gasteiger partial charge in [-0.1, -0.05) is 13.3 Å². The number of amides is 1. The predicted molar refractivity (Wildman–Crippen MR) is 99.1 cm³/mol. The first-order chi connectivity index (χ1) is 12.9. The van der Waals surface area contributed by atoms with Gasteiger partial charge in [0.25, 0.3) is 5.91 Å². The molecule has 1 fully saturated rings. The number of carboxylic acids is 1. The average molecular weight is 373 g/mol. The molecule has 1 aliphatic heterocycles. The summed E-state index contributed by atoms with van der Waals surface area (Å²) in [5.74, 6) is -0.910. The second kappa shape index (κ2) is 7.82. The number of ether oxygens (including phenoxy) is 1. The number of carboxylic acid groups (broad SMARTS) is 1. The Bertz CT molecular complexity index is 932. The van der Waals surface area contributed by atoms with Gasteiger partial charge in [-0.05, 0) is 43.9 Å². The van der Waals surface area contributed by atoms with Crippen molar-refractivity contribution in [2.75, 3.05) is 13.2 Å². The van der Waals surface area contributed by atoms with Crippen LogP contribution in [0.25, 0.3) is 11.0 Å². The number of carbonyl (C=O) groups is 2. The number of aliphatic carboxylic acids is 1. The van der Waals surface area contributed by atoms with Gasteiger partial charge in [0.2, 0.25) is 0 Å². The van der Waals surface area contributed by atoms with Crippen LogP contribution < -0.4 is 10.4 Å². The van der Waals surface area contributed by atoms with Crippen LogP contribution in [0.5, 0.6) is 5.75 Å². The molecule has 0 aliphatic carbocycles. The quantitative estimate of drug-likeness (QED) is 0.782. The summed E-state index contributed by atoms with van der Waals surface area (Å²) in [5, 5.41) is 10.1. The molecule has 1 atom stereocenters. The van der Waals surface area contributed by atoms with E-state index >= 15 is 0 Å². The fourth-order valence-electron chi connectivity index (χ4n) is 3.58. The molecule has 1 amide bonds. The number of hydrogen-bond acceptors (Lipinski definition) is 5. The third kappa shape index (κ3) is 3.82. The van der Waals surface area contributed by atoms with Gasteiger partial charge >= 0.3 is 11.6 Å². The van der Waals surface area contributed by atoms with Crippen molar-refractivity contribution < 1.29 is 23.8 Å². The van der Waals surface area contributed by atoms with E-state index in [0.717, 1.165) is 23.8 Å². The van der Waals surface area contributed by atoms with Crippen molar-refractivity contribution in [2.45, 2.75) is 45.6 Å². The van der Waals surface area contributed by atoms with Gasteiger partial charge in [-0.3, -0.25) is 4.79 Å². The molecule has 0 saturated carbocycles. The Balaban J connectivity index is 1.81. The Morgan fingerprint density at radius 2 is 2.15 bits per heavy atom. The highest BCUT2D eigenvalue weighted by Crippen LogP contribution is 2.29. The van der Waals surface area contributed by atoms with Crippen molar-refractivity contribution in [2.24, 2.45) is 0 Å². The van der Waals surface area contributed by atoms with E-state index in [0.29, 0.717) is 36.3 Å². The zero-order chi connectivity index (χ0) is 19.6. The van der Waals surface area contributed by atoms with Crippen LogP contribution in [0.4, 0.5) is 0 Å². The smallest absolute Gasteiger partial charge is 0.336 e. The molecule has 144 valence electrons. The van der Waals surface area contributed by atoms with Gasteiger partial charge in [0.1, 0.15) is 17.4 Å². The zero-order valence-corrected chi connectivity index (χ0v) is 15.5. The summed E-state index contributed by atoms with van der Waals surface area (Å²) in [6.45, 7) is 3.98. The van der Waals surface area contributed by atoms with Gasteiger partial charge < -0.3 is 19.2 Å². The first kappa shape index (κ1) is 18.9.